The maximum atomic E-state index is 12.6. The van der Waals surface area contributed by atoms with Crippen LogP contribution >= 0.6 is 0 Å². The number of rotatable bonds is 4. The van der Waals surface area contributed by atoms with Crippen LogP contribution in [0.3, 0.4) is 0 Å². The van der Waals surface area contributed by atoms with Crippen LogP contribution in [0.4, 0.5) is 0 Å². The monoisotopic (exact) mass is 382 g/mol. The van der Waals surface area contributed by atoms with Crippen LogP contribution in [0.25, 0.3) is 11.4 Å². The first-order valence-electron chi connectivity index (χ1n) is 10.1. The molecule has 0 radical (unpaired) electrons. The van der Waals surface area contributed by atoms with E-state index in [1.165, 1.54) is 11.2 Å². The van der Waals surface area contributed by atoms with Crippen molar-refractivity contribution in [1.82, 2.24) is 30.0 Å². The van der Waals surface area contributed by atoms with Gasteiger partial charge in [-0.1, -0.05) is 30.3 Å². The van der Waals surface area contributed by atoms with Crippen molar-refractivity contribution in [3.05, 3.63) is 30.3 Å². The molecule has 0 aliphatic carbocycles. The van der Waals surface area contributed by atoms with Gasteiger partial charge < -0.3 is 9.80 Å². The lowest BCUT2D eigenvalue weighted by atomic mass is 9.94. The van der Waals surface area contributed by atoms with Gasteiger partial charge in [0.05, 0.1) is 0 Å². The summed E-state index contributed by atoms with van der Waals surface area (Å²) < 4.78 is 0. The zero-order valence-electron chi connectivity index (χ0n) is 16.0. The van der Waals surface area contributed by atoms with Gasteiger partial charge in [0, 0.05) is 37.7 Å². The fraction of sp³-hybridized carbons (Fsp3) is 0.550. The van der Waals surface area contributed by atoms with E-state index in [0.717, 1.165) is 44.3 Å². The highest BCUT2D eigenvalue weighted by Gasteiger charge is 2.30. The van der Waals surface area contributed by atoms with Crippen molar-refractivity contribution in [1.29, 1.82) is 0 Å². The van der Waals surface area contributed by atoms with Crippen molar-refractivity contribution >= 4 is 11.8 Å². The third-order valence-corrected chi connectivity index (χ3v) is 5.63. The minimum Gasteiger partial charge on any atom is -0.342 e. The number of likely N-dealkylation sites (tertiary alicyclic amines) is 2. The van der Waals surface area contributed by atoms with Gasteiger partial charge in [-0.3, -0.25) is 9.59 Å². The second-order valence-corrected chi connectivity index (χ2v) is 7.55. The van der Waals surface area contributed by atoms with E-state index >= 15 is 0 Å². The molecule has 4 rings (SSSR count). The SMILES string of the molecule is O=C(Cn1nnc(-c2ccccc2)n1)N1CCC(C(=O)N2CCCCC2)CC1. The molecule has 0 N–H and O–H groups in total. The molecule has 8 nitrogen and oxygen atoms in total. The lowest BCUT2D eigenvalue weighted by Gasteiger charge is -2.35. The van der Waals surface area contributed by atoms with E-state index in [-0.39, 0.29) is 24.3 Å². The number of piperidine rings is 2. The standard InChI is InChI=1S/C20H26N6O2/c27-18(15-26-22-19(21-23-26)16-7-3-1-4-8-16)24-13-9-17(10-14-24)20(28)25-11-5-2-6-12-25/h1,3-4,7-8,17H,2,5-6,9-15H2. The summed E-state index contributed by atoms with van der Waals surface area (Å²) in [6, 6.07) is 9.57. The first kappa shape index (κ1) is 18.6. The molecule has 0 bridgehead atoms. The Labute approximate surface area is 164 Å². The van der Waals surface area contributed by atoms with Crippen molar-refractivity contribution < 1.29 is 9.59 Å². The molecule has 0 unspecified atom stereocenters. The molecule has 1 aromatic heterocycles. The number of hydrogen-bond acceptors (Lipinski definition) is 5. The Morgan fingerprint density at radius 3 is 2.36 bits per heavy atom. The Morgan fingerprint density at radius 2 is 1.64 bits per heavy atom. The van der Waals surface area contributed by atoms with E-state index in [1.807, 2.05) is 40.1 Å². The first-order chi connectivity index (χ1) is 13.7. The molecule has 2 aliphatic heterocycles. The van der Waals surface area contributed by atoms with Crippen molar-refractivity contribution in [3.8, 4) is 11.4 Å². The van der Waals surface area contributed by atoms with Crippen molar-refractivity contribution in [2.75, 3.05) is 26.2 Å². The number of hydrogen-bond donors (Lipinski definition) is 0. The number of nitrogens with zero attached hydrogens (tertiary/aromatic N) is 6. The molecule has 0 spiro atoms. The zero-order valence-corrected chi connectivity index (χ0v) is 16.0. The average Bonchev–Trinajstić information content (AvgIpc) is 3.23. The summed E-state index contributed by atoms with van der Waals surface area (Å²) in [5.41, 5.74) is 0.873. The van der Waals surface area contributed by atoms with Gasteiger partial charge in [-0.2, -0.15) is 4.80 Å². The van der Waals surface area contributed by atoms with Crippen LogP contribution in [0.2, 0.25) is 0 Å². The molecule has 1 aromatic carbocycles. The van der Waals surface area contributed by atoms with E-state index in [2.05, 4.69) is 15.4 Å². The van der Waals surface area contributed by atoms with Crippen LogP contribution in [-0.4, -0.2) is 68.0 Å². The summed E-state index contributed by atoms with van der Waals surface area (Å²) in [4.78, 5) is 30.4. The molecule has 2 aliphatic rings. The molecule has 3 heterocycles. The van der Waals surface area contributed by atoms with Gasteiger partial charge in [-0.05, 0) is 37.3 Å². The molecule has 148 valence electrons. The van der Waals surface area contributed by atoms with Gasteiger partial charge in [0.15, 0.2) is 0 Å². The van der Waals surface area contributed by atoms with Gasteiger partial charge in [0.25, 0.3) is 0 Å². The topological polar surface area (TPSA) is 84.2 Å². The predicted molar refractivity (Wildman–Crippen MR) is 103 cm³/mol. The van der Waals surface area contributed by atoms with Gasteiger partial charge in [-0.25, -0.2) is 0 Å². The molecule has 0 atom stereocenters. The van der Waals surface area contributed by atoms with Crippen molar-refractivity contribution in [2.45, 2.75) is 38.6 Å². The lowest BCUT2D eigenvalue weighted by Crippen LogP contribution is -2.46. The minimum atomic E-state index is -0.0270. The summed E-state index contributed by atoms with van der Waals surface area (Å²) in [6.45, 7) is 3.08. The smallest absolute Gasteiger partial charge is 0.246 e. The maximum Gasteiger partial charge on any atom is 0.246 e. The van der Waals surface area contributed by atoms with Crippen LogP contribution in [0, 0.1) is 5.92 Å². The first-order valence-corrected chi connectivity index (χ1v) is 10.1. The molecule has 0 saturated carbocycles. The minimum absolute atomic E-state index is 0.0270. The third-order valence-electron chi connectivity index (χ3n) is 5.63. The normalized spacial score (nSPS) is 18.3. The summed E-state index contributed by atoms with van der Waals surface area (Å²) in [6.07, 6.45) is 4.92. The average molecular weight is 382 g/mol. The molecule has 28 heavy (non-hydrogen) atoms. The fourth-order valence-corrected chi connectivity index (χ4v) is 3.98. The predicted octanol–water partition coefficient (Wildman–Crippen LogP) is 1.59. The Kier molecular flexibility index (Phi) is 5.64. The maximum absolute atomic E-state index is 12.6. The summed E-state index contributed by atoms with van der Waals surface area (Å²) in [5, 5.41) is 12.3. The molecule has 2 aromatic rings. The Bertz CT molecular complexity index is 807. The molecule has 8 heteroatoms. The van der Waals surface area contributed by atoms with Crippen LogP contribution in [0.1, 0.15) is 32.1 Å². The van der Waals surface area contributed by atoms with E-state index in [1.54, 1.807) is 0 Å². The molecule has 2 fully saturated rings. The summed E-state index contributed by atoms with van der Waals surface area (Å²) in [5.74, 6) is 0.814. The Hall–Kier alpha value is -2.77. The lowest BCUT2D eigenvalue weighted by molar-refractivity contribution is -0.141. The summed E-state index contributed by atoms with van der Waals surface area (Å²) in [7, 11) is 0. The number of tetrazole rings is 1. The molecule has 2 saturated heterocycles. The highest BCUT2D eigenvalue weighted by molar-refractivity contribution is 5.80. The quantitative estimate of drug-likeness (QED) is 0.802. The van der Waals surface area contributed by atoms with Crippen molar-refractivity contribution in [2.24, 2.45) is 5.92 Å². The zero-order chi connectivity index (χ0) is 19.3. The fourth-order valence-electron chi connectivity index (χ4n) is 3.98. The number of benzene rings is 1. The van der Waals surface area contributed by atoms with Crippen LogP contribution in [0.5, 0.6) is 0 Å². The van der Waals surface area contributed by atoms with Crippen molar-refractivity contribution in [3.63, 3.8) is 0 Å². The second kappa shape index (κ2) is 8.50. The third kappa shape index (κ3) is 4.21. The Balaban J connectivity index is 1.28. The number of aromatic nitrogens is 4. The van der Waals surface area contributed by atoms with Crippen LogP contribution in [0.15, 0.2) is 30.3 Å². The second-order valence-electron chi connectivity index (χ2n) is 7.55. The van der Waals surface area contributed by atoms with E-state index in [4.69, 9.17) is 0 Å². The van der Waals surface area contributed by atoms with Crippen LogP contribution in [-0.2, 0) is 16.1 Å². The Morgan fingerprint density at radius 1 is 0.929 bits per heavy atom. The number of carbonyl (C=O) groups is 2. The van der Waals surface area contributed by atoms with Gasteiger partial charge in [-0.15, -0.1) is 10.2 Å². The molecular formula is C20H26N6O2. The summed E-state index contributed by atoms with van der Waals surface area (Å²) >= 11 is 0. The van der Waals surface area contributed by atoms with Crippen LogP contribution < -0.4 is 0 Å². The molecular weight excluding hydrogens is 356 g/mol. The van der Waals surface area contributed by atoms with E-state index in [0.29, 0.717) is 18.9 Å². The molecule has 2 amide bonds. The van der Waals surface area contributed by atoms with E-state index < -0.39 is 0 Å². The van der Waals surface area contributed by atoms with E-state index in [9.17, 15) is 9.59 Å². The van der Waals surface area contributed by atoms with Gasteiger partial charge in [0.2, 0.25) is 17.6 Å². The largest absolute Gasteiger partial charge is 0.342 e. The number of carbonyl (C=O) groups excluding carboxylic acids is 2. The van der Waals surface area contributed by atoms with Gasteiger partial charge in [0.1, 0.15) is 6.54 Å². The highest BCUT2D eigenvalue weighted by atomic mass is 16.2. The highest BCUT2D eigenvalue weighted by Crippen LogP contribution is 2.22. The number of amides is 2. The van der Waals surface area contributed by atoms with Gasteiger partial charge >= 0.3 is 0 Å².